The minimum Gasteiger partial charge on any atom is -0.379 e. The molecule has 1 fully saturated rings. The number of aryl methyl sites for hydroxylation is 2. The molecule has 3 rings (SSSR count). The molecule has 9 heteroatoms. The van der Waals surface area contributed by atoms with E-state index in [0.29, 0.717) is 44.7 Å². The summed E-state index contributed by atoms with van der Waals surface area (Å²) in [5, 5.41) is 0. The van der Waals surface area contributed by atoms with Crippen molar-refractivity contribution in [2.24, 2.45) is 0 Å². The predicted octanol–water partition coefficient (Wildman–Crippen LogP) is 3.05. The average Bonchev–Trinajstić information content (AvgIpc) is 3.15. The molecule has 1 aliphatic heterocycles. The molecule has 8 nitrogen and oxygen atoms in total. The Morgan fingerprint density at radius 3 is 2.41 bits per heavy atom. The van der Waals surface area contributed by atoms with E-state index in [1.54, 1.807) is 12.1 Å². The number of aromatic nitrogens is 2. The highest BCUT2D eigenvalue weighted by atomic mass is 32.2. The topological polar surface area (TPSA) is 84.7 Å². The molecule has 0 radical (unpaired) electrons. The molecule has 0 spiro atoms. The number of hydrogen-bond donors (Lipinski definition) is 0. The molecule has 1 aromatic carbocycles. The predicted molar refractivity (Wildman–Crippen MR) is 125 cm³/mol. The van der Waals surface area contributed by atoms with Gasteiger partial charge in [0.1, 0.15) is 5.82 Å². The summed E-state index contributed by atoms with van der Waals surface area (Å²) in [5.74, 6) is 0.989. The number of rotatable bonds is 11. The molecular weight excluding hydrogens is 428 g/mol. The van der Waals surface area contributed by atoms with E-state index in [0.717, 1.165) is 50.2 Å². The SMILES string of the molecule is CCCN(CCC)C(=O)CCc1nc2cc(S(=O)(=O)N3CCOCC3)ccc2n1CCC. The lowest BCUT2D eigenvalue weighted by Gasteiger charge is -2.26. The third-order valence-electron chi connectivity index (χ3n) is 5.76. The van der Waals surface area contributed by atoms with Crippen LogP contribution in [0.3, 0.4) is 0 Å². The van der Waals surface area contributed by atoms with E-state index in [4.69, 9.17) is 9.72 Å². The van der Waals surface area contributed by atoms with Crippen molar-refractivity contribution in [2.45, 2.75) is 64.3 Å². The summed E-state index contributed by atoms with van der Waals surface area (Å²) >= 11 is 0. The van der Waals surface area contributed by atoms with Crippen molar-refractivity contribution >= 4 is 27.0 Å². The maximum absolute atomic E-state index is 13.0. The van der Waals surface area contributed by atoms with Crippen LogP contribution >= 0.6 is 0 Å². The number of ether oxygens (including phenoxy) is 1. The average molecular weight is 465 g/mol. The number of imidazole rings is 1. The van der Waals surface area contributed by atoms with Gasteiger partial charge in [0, 0.05) is 45.6 Å². The fourth-order valence-electron chi connectivity index (χ4n) is 4.20. The van der Waals surface area contributed by atoms with Crippen LogP contribution in [0.15, 0.2) is 23.1 Å². The van der Waals surface area contributed by atoms with E-state index in [9.17, 15) is 13.2 Å². The van der Waals surface area contributed by atoms with Gasteiger partial charge in [0.15, 0.2) is 0 Å². The molecule has 1 aliphatic rings. The first-order valence-corrected chi connectivity index (χ1v) is 13.2. The first-order chi connectivity index (χ1) is 15.4. The van der Waals surface area contributed by atoms with Crippen molar-refractivity contribution in [3.05, 3.63) is 24.0 Å². The summed E-state index contributed by atoms with van der Waals surface area (Å²) in [6, 6.07) is 5.18. The minimum absolute atomic E-state index is 0.152. The molecule has 0 bridgehead atoms. The van der Waals surface area contributed by atoms with Crippen molar-refractivity contribution in [1.82, 2.24) is 18.8 Å². The molecule has 1 saturated heterocycles. The minimum atomic E-state index is -3.58. The molecule has 2 aromatic rings. The Kier molecular flexibility index (Phi) is 8.67. The Morgan fingerprint density at radius 2 is 1.78 bits per heavy atom. The standard InChI is InChI=1S/C23H36N4O4S/c1-4-11-25(12-5-2)23(28)10-9-22-24-20-18-19(7-8-21(20)27(22)13-6-3)32(29,30)26-14-16-31-17-15-26/h7-8,18H,4-6,9-17H2,1-3H3. The molecule has 0 atom stereocenters. The summed E-state index contributed by atoms with van der Waals surface area (Å²) in [4.78, 5) is 19.7. The van der Waals surface area contributed by atoms with Gasteiger partial charge in [-0.2, -0.15) is 4.31 Å². The third kappa shape index (κ3) is 5.50. The molecule has 2 heterocycles. The Labute approximate surface area is 191 Å². The van der Waals surface area contributed by atoms with E-state index < -0.39 is 10.0 Å². The van der Waals surface area contributed by atoms with Crippen LogP contribution in [0.1, 0.15) is 52.3 Å². The van der Waals surface area contributed by atoms with Gasteiger partial charge in [-0.1, -0.05) is 20.8 Å². The Bertz CT molecular complexity index is 1010. The van der Waals surface area contributed by atoms with Crippen LogP contribution in [0.25, 0.3) is 11.0 Å². The fourth-order valence-corrected chi connectivity index (χ4v) is 5.63. The zero-order valence-electron chi connectivity index (χ0n) is 19.5. The van der Waals surface area contributed by atoms with Gasteiger partial charge in [-0.05, 0) is 37.5 Å². The molecule has 32 heavy (non-hydrogen) atoms. The smallest absolute Gasteiger partial charge is 0.243 e. The maximum atomic E-state index is 13.0. The first kappa shape index (κ1) is 24.7. The van der Waals surface area contributed by atoms with E-state index in [2.05, 4.69) is 25.3 Å². The second-order valence-electron chi connectivity index (χ2n) is 8.23. The second-order valence-corrected chi connectivity index (χ2v) is 10.2. The van der Waals surface area contributed by atoms with Crippen molar-refractivity contribution in [3.8, 4) is 0 Å². The van der Waals surface area contributed by atoms with Gasteiger partial charge in [0.2, 0.25) is 15.9 Å². The van der Waals surface area contributed by atoms with Gasteiger partial charge < -0.3 is 14.2 Å². The number of nitrogens with zero attached hydrogens (tertiary/aromatic N) is 4. The first-order valence-electron chi connectivity index (χ1n) is 11.8. The summed E-state index contributed by atoms with van der Waals surface area (Å²) in [6.45, 7) is 10.2. The fraction of sp³-hybridized carbons (Fsp3) is 0.652. The summed E-state index contributed by atoms with van der Waals surface area (Å²) < 4.78 is 35.0. The number of carbonyl (C=O) groups excluding carboxylic acids is 1. The monoisotopic (exact) mass is 464 g/mol. The molecule has 1 aromatic heterocycles. The van der Waals surface area contributed by atoms with Crippen molar-refractivity contribution in [1.29, 1.82) is 0 Å². The lowest BCUT2D eigenvalue weighted by molar-refractivity contribution is -0.131. The van der Waals surface area contributed by atoms with Crippen molar-refractivity contribution in [2.75, 3.05) is 39.4 Å². The van der Waals surface area contributed by atoms with Crippen LogP contribution in [0.2, 0.25) is 0 Å². The van der Waals surface area contributed by atoms with Gasteiger partial charge >= 0.3 is 0 Å². The maximum Gasteiger partial charge on any atom is 0.243 e. The summed E-state index contributed by atoms with van der Waals surface area (Å²) in [5.41, 5.74) is 1.57. The van der Waals surface area contributed by atoms with E-state index in [1.165, 1.54) is 4.31 Å². The molecule has 0 aliphatic carbocycles. The number of benzene rings is 1. The van der Waals surface area contributed by atoms with Crippen molar-refractivity contribution in [3.63, 3.8) is 0 Å². The largest absolute Gasteiger partial charge is 0.379 e. The zero-order valence-corrected chi connectivity index (χ0v) is 20.4. The number of sulfonamides is 1. The van der Waals surface area contributed by atoms with E-state index in [1.807, 2.05) is 11.0 Å². The number of fused-ring (bicyclic) bond motifs is 1. The lowest BCUT2D eigenvalue weighted by atomic mass is 10.2. The highest BCUT2D eigenvalue weighted by molar-refractivity contribution is 7.89. The van der Waals surface area contributed by atoms with Gasteiger partial charge in [0.05, 0.1) is 29.1 Å². The summed E-state index contributed by atoms with van der Waals surface area (Å²) in [7, 11) is -3.58. The molecule has 1 amide bonds. The molecule has 0 unspecified atom stereocenters. The highest BCUT2D eigenvalue weighted by Gasteiger charge is 2.27. The van der Waals surface area contributed by atoms with Crippen molar-refractivity contribution < 1.29 is 17.9 Å². The Balaban J connectivity index is 1.85. The highest BCUT2D eigenvalue weighted by Crippen LogP contribution is 2.24. The number of hydrogen-bond acceptors (Lipinski definition) is 5. The van der Waals surface area contributed by atoms with Crippen LogP contribution < -0.4 is 0 Å². The molecule has 0 N–H and O–H groups in total. The lowest BCUT2D eigenvalue weighted by Crippen LogP contribution is -2.40. The van der Waals surface area contributed by atoms with Gasteiger partial charge in [-0.3, -0.25) is 4.79 Å². The Morgan fingerprint density at radius 1 is 1.09 bits per heavy atom. The van der Waals surface area contributed by atoms with Gasteiger partial charge in [0.25, 0.3) is 0 Å². The molecular formula is C23H36N4O4S. The van der Waals surface area contributed by atoms with E-state index >= 15 is 0 Å². The van der Waals surface area contributed by atoms with Crippen LogP contribution in [-0.2, 0) is 32.5 Å². The van der Waals surface area contributed by atoms with E-state index in [-0.39, 0.29) is 10.8 Å². The third-order valence-corrected chi connectivity index (χ3v) is 7.65. The Hall–Kier alpha value is -1.97. The zero-order chi connectivity index (χ0) is 23.1. The molecule has 0 saturated carbocycles. The van der Waals surface area contributed by atoms with Crippen LogP contribution in [0, 0.1) is 0 Å². The number of morpholine rings is 1. The summed E-state index contributed by atoms with van der Waals surface area (Å²) in [6.07, 6.45) is 3.77. The second kappa shape index (κ2) is 11.2. The van der Waals surface area contributed by atoms with Crippen LogP contribution in [0.5, 0.6) is 0 Å². The molecule has 178 valence electrons. The van der Waals surface area contributed by atoms with Crippen LogP contribution in [-0.4, -0.2) is 72.5 Å². The number of amides is 1. The quantitative estimate of drug-likeness (QED) is 0.510. The number of carbonyl (C=O) groups is 1. The van der Waals surface area contributed by atoms with Gasteiger partial charge in [-0.15, -0.1) is 0 Å². The normalized spacial score (nSPS) is 15.3. The van der Waals surface area contributed by atoms with Crippen LogP contribution in [0.4, 0.5) is 0 Å². The van der Waals surface area contributed by atoms with Gasteiger partial charge in [-0.25, -0.2) is 13.4 Å².